The number of hydrogen-bond donors (Lipinski definition) is 1. The average Bonchev–Trinajstić information content (AvgIpc) is 2.78. The van der Waals surface area contributed by atoms with E-state index in [9.17, 15) is 4.79 Å². The van der Waals surface area contributed by atoms with Crippen LogP contribution >= 0.6 is 0 Å². The lowest BCUT2D eigenvalue weighted by atomic mass is 10.1. The van der Waals surface area contributed by atoms with Gasteiger partial charge in [-0.05, 0) is 31.5 Å². The van der Waals surface area contributed by atoms with Crippen LogP contribution in [0.4, 0.5) is 0 Å². The predicted octanol–water partition coefficient (Wildman–Crippen LogP) is 4.75. The van der Waals surface area contributed by atoms with Crippen molar-refractivity contribution >= 4 is 5.91 Å². The summed E-state index contributed by atoms with van der Waals surface area (Å²) in [4.78, 5) is 26.3. The van der Waals surface area contributed by atoms with Gasteiger partial charge in [-0.2, -0.15) is 0 Å². The Labute approximate surface area is 175 Å². The van der Waals surface area contributed by atoms with E-state index in [1.165, 1.54) is 5.56 Å². The third kappa shape index (κ3) is 4.41. The lowest BCUT2D eigenvalue weighted by molar-refractivity contribution is 0.0951. The molecule has 0 aliphatic heterocycles. The number of hydrogen-bond acceptors (Lipinski definition) is 4. The minimum Gasteiger partial charge on any atom is -0.348 e. The number of carbonyl (C=O) groups is 1. The molecule has 0 unspecified atom stereocenters. The van der Waals surface area contributed by atoms with Crippen LogP contribution in [0, 0.1) is 13.8 Å². The first-order chi connectivity index (χ1) is 14.6. The first kappa shape index (κ1) is 19.5. The molecule has 0 saturated carbocycles. The molecule has 5 nitrogen and oxygen atoms in total. The zero-order valence-electron chi connectivity index (χ0n) is 17.0. The molecule has 0 fully saturated rings. The highest BCUT2D eigenvalue weighted by atomic mass is 16.1. The van der Waals surface area contributed by atoms with Gasteiger partial charge in [-0.25, -0.2) is 9.97 Å². The Morgan fingerprint density at radius 2 is 1.67 bits per heavy atom. The fourth-order valence-electron chi connectivity index (χ4n) is 3.22. The van der Waals surface area contributed by atoms with Gasteiger partial charge in [-0.3, -0.25) is 9.78 Å². The number of pyridine rings is 1. The Morgan fingerprint density at radius 1 is 0.900 bits per heavy atom. The van der Waals surface area contributed by atoms with Gasteiger partial charge < -0.3 is 5.32 Å². The van der Waals surface area contributed by atoms with Crippen LogP contribution in [0.3, 0.4) is 0 Å². The maximum atomic E-state index is 13.0. The minimum absolute atomic E-state index is 0.209. The van der Waals surface area contributed by atoms with Crippen LogP contribution in [0.1, 0.15) is 27.0 Å². The van der Waals surface area contributed by atoms with Gasteiger partial charge in [0.1, 0.15) is 0 Å². The quantitative estimate of drug-likeness (QED) is 0.530. The van der Waals surface area contributed by atoms with Gasteiger partial charge in [-0.15, -0.1) is 0 Å². The number of carbonyl (C=O) groups excluding carboxylic acids is 1. The summed E-state index contributed by atoms with van der Waals surface area (Å²) in [5.74, 6) is 0.371. The van der Waals surface area contributed by atoms with Crippen LogP contribution in [0.2, 0.25) is 0 Å². The molecule has 5 heteroatoms. The van der Waals surface area contributed by atoms with E-state index < -0.39 is 0 Å². The smallest absolute Gasteiger partial charge is 0.255 e. The molecule has 148 valence electrons. The van der Waals surface area contributed by atoms with Gasteiger partial charge >= 0.3 is 0 Å². The van der Waals surface area contributed by atoms with Crippen LogP contribution in [-0.2, 0) is 6.54 Å². The summed E-state index contributed by atoms with van der Waals surface area (Å²) in [6.07, 6.45) is 4.98. The van der Waals surface area contributed by atoms with Crippen molar-refractivity contribution in [3.8, 4) is 22.6 Å². The van der Waals surface area contributed by atoms with Crippen molar-refractivity contribution in [3.63, 3.8) is 0 Å². The van der Waals surface area contributed by atoms with Gasteiger partial charge in [0.25, 0.3) is 5.91 Å². The average molecular weight is 394 g/mol. The highest BCUT2D eigenvalue weighted by Gasteiger charge is 2.17. The fraction of sp³-hybridized carbons (Fsp3) is 0.120. The summed E-state index contributed by atoms with van der Waals surface area (Å²) in [6.45, 7) is 4.51. The number of amides is 1. The van der Waals surface area contributed by atoms with Crippen molar-refractivity contribution in [1.82, 2.24) is 20.3 Å². The number of aryl methyl sites for hydroxylation is 2. The Kier molecular flexibility index (Phi) is 5.61. The molecule has 0 atom stereocenters. The Hall–Kier alpha value is -3.86. The van der Waals surface area contributed by atoms with Crippen LogP contribution in [0.25, 0.3) is 22.6 Å². The molecule has 0 radical (unpaired) electrons. The van der Waals surface area contributed by atoms with Crippen molar-refractivity contribution in [3.05, 3.63) is 102 Å². The summed E-state index contributed by atoms with van der Waals surface area (Å²) in [5.41, 5.74) is 6.12. The number of benzene rings is 2. The molecular formula is C25H22N4O. The number of aromatic nitrogens is 3. The molecule has 0 saturated heterocycles. The van der Waals surface area contributed by atoms with Crippen molar-refractivity contribution in [2.24, 2.45) is 0 Å². The highest BCUT2D eigenvalue weighted by Crippen LogP contribution is 2.24. The van der Waals surface area contributed by atoms with E-state index in [1.54, 1.807) is 18.6 Å². The normalized spacial score (nSPS) is 10.6. The van der Waals surface area contributed by atoms with E-state index in [0.717, 1.165) is 22.3 Å². The minimum atomic E-state index is -0.209. The van der Waals surface area contributed by atoms with Crippen LogP contribution < -0.4 is 5.32 Å². The Morgan fingerprint density at radius 3 is 2.40 bits per heavy atom. The summed E-state index contributed by atoms with van der Waals surface area (Å²) >= 11 is 0. The van der Waals surface area contributed by atoms with Gasteiger partial charge in [0.2, 0.25) is 0 Å². The standard InChI is InChI=1S/C25H22N4O/c1-17-6-8-21(9-7-17)24-27-16-22(23(29-24)20-10-12-26-13-11-20)25(30)28-15-19-5-3-4-18(2)14-19/h3-14,16H,15H2,1-2H3,(H,28,30). The first-order valence-corrected chi connectivity index (χ1v) is 9.78. The summed E-state index contributed by atoms with van der Waals surface area (Å²) in [5, 5.41) is 2.98. The molecule has 30 heavy (non-hydrogen) atoms. The second kappa shape index (κ2) is 8.66. The third-order valence-electron chi connectivity index (χ3n) is 4.83. The second-order valence-corrected chi connectivity index (χ2v) is 7.23. The van der Waals surface area contributed by atoms with E-state index in [2.05, 4.69) is 21.4 Å². The molecule has 0 aliphatic carbocycles. The lowest BCUT2D eigenvalue weighted by Gasteiger charge is -2.12. The van der Waals surface area contributed by atoms with Gasteiger partial charge in [0.05, 0.1) is 11.3 Å². The molecule has 1 amide bonds. The highest BCUT2D eigenvalue weighted by molar-refractivity contribution is 5.99. The van der Waals surface area contributed by atoms with E-state index >= 15 is 0 Å². The summed E-state index contributed by atoms with van der Waals surface area (Å²) in [7, 11) is 0. The molecule has 2 heterocycles. The number of rotatable bonds is 5. The molecule has 0 aliphatic rings. The zero-order chi connectivity index (χ0) is 20.9. The van der Waals surface area contributed by atoms with E-state index in [0.29, 0.717) is 23.6 Å². The van der Waals surface area contributed by atoms with Crippen LogP contribution in [0.15, 0.2) is 79.3 Å². The molecule has 2 aromatic carbocycles. The second-order valence-electron chi connectivity index (χ2n) is 7.23. The van der Waals surface area contributed by atoms with Gasteiger partial charge in [-0.1, -0.05) is 59.7 Å². The number of nitrogens with one attached hydrogen (secondary N) is 1. The van der Waals surface area contributed by atoms with E-state index in [4.69, 9.17) is 4.98 Å². The molecule has 0 bridgehead atoms. The first-order valence-electron chi connectivity index (χ1n) is 9.78. The monoisotopic (exact) mass is 394 g/mol. The van der Waals surface area contributed by atoms with Crippen LogP contribution in [0.5, 0.6) is 0 Å². The third-order valence-corrected chi connectivity index (χ3v) is 4.83. The Balaban J connectivity index is 1.67. The maximum Gasteiger partial charge on any atom is 0.255 e. The van der Waals surface area contributed by atoms with E-state index in [1.807, 2.05) is 68.4 Å². The van der Waals surface area contributed by atoms with Crippen molar-refractivity contribution in [2.75, 3.05) is 0 Å². The maximum absolute atomic E-state index is 13.0. The van der Waals surface area contributed by atoms with Crippen LogP contribution in [-0.4, -0.2) is 20.9 Å². The van der Waals surface area contributed by atoms with Crippen molar-refractivity contribution in [1.29, 1.82) is 0 Å². The molecule has 4 rings (SSSR count). The molecule has 2 aromatic heterocycles. The fourth-order valence-corrected chi connectivity index (χ4v) is 3.22. The predicted molar refractivity (Wildman–Crippen MR) is 118 cm³/mol. The van der Waals surface area contributed by atoms with Gasteiger partial charge in [0, 0.05) is 36.3 Å². The van der Waals surface area contributed by atoms with Crippen molar-refractivity contribution in [2.45, 2.75) is 20.4 Å². The summed E-state index contributed by atoms with van der Waals surface area (Å²) in [6, 6.07) is 19.8. The number of nitrogens with zero attached hydrogens (tertiary/aromatic N) is 3. The topological polar surface area (TPSA) is 67.8 Å². The summed E-state index contributed by atoms with van der Waals surface area (Å²) < 4.78 is 0. The molecule has 4 aromatic rings. The molecule has 1 N–H and O–H groups in total. The van der Waals surface area contributed by atoms with Crippen molar-refractivity contribution < 1.29 is 4.79 Å². The largest absolute Gasteiger partial charge is 0.348 e. The Bertz CT molecular complexity index is 1170. The SMILES string of the molecule is Cc1ccc(-c2ncc(C(=O)NCc3cccc(C)c3)c(-c3ccncc3)n2)cc1. The van der Waals surface area contributed by atoms with E-state index in [-0.39, 0.29) is 5.91 Å². The van der Waals surface area contributed by atoms with Gasteiger partial charge in [0.15, 0.2) is 5.82 Å². The zero-order valence-corrected chi connectivity index (χ0v) is 17.0. The molecule has 0 spiro atoms. The molecular weight excluding hydrogens is 372 g/mol. The lowest BCUT2D eigenvalue weighted by Crippen LogP contribution is -2.24.